The Morgan fingerprint density at radius 1 is 1.24 bits per heavy atom. The van der Waals surface area contributed by atoms with Crippen LogP contribution in [0.2, 0.25) is 0 Å². The second-order valence-electron chi connectivity index (χ2n) is 6.01. The number of rotatable bonds is 4. The summed E-state index contributed by atoms with van der Waals surface area (Å²) in [5, 5.41) is 3.16. The van der Waals surface area contributed by atoms with Crippen LogP contribution in [0.5, 0.6) is 0 Å². The van der Waals surface area contributed by atoms with Crippen molar-refractivity contribution in [2.24, 2.45) is 0 Å². The molecule has 1 aliphatic carbocycles. The highest BCUT2D eigenvalue weighted by molar-refractivity contribution is 7.12. The molecule has 0 unspecified atom stereocenters. The van der Waals surface area contributed by atoms with Crippen LogP contribution in [-0.4, -0.2) is 12.5 Å². The van der Waals surface area contributed by atoms with Gasteiger partial charge < -0.3 is 5.32 Å². The Labute approximate surface area is 130 Å². The third-order valence-corrected chi connectivity index (χ3v) is 5.54. The van der Waals surface area contributed by atoms with Crippen LogP contribution in [0.4, 0.5) is 0 Å². The topological polar surface area (TPSA) is 29.1 Å². The monoisotopic (exact) mass is 299 g/mol. The smallest absolute Gasteiger partial charge is 0.252 e. The third kappa shape index (κ3) is 2.75. The molecule has 0 saturated heterocycles. The Bertz CT molecular complexity index is 640. The highest BCUT2D eigenvalue weighted by atomic mass is 32.1. The Morgan fingerprint density at radius 2 is 1.95 bits per heavy atom. The Morgan fingerprint density at radius 3 is 2.48 bits per heavy atom. The largest absolute Gasteiger partial charge is 0.351 e. The zero-order valence-corrected chi connectivity index (χ0v) is 13.4. The van der Waals surface area contributed by atoms with Gasteiger partial charge in [-0.3, -0.25) is 4.79 Å². The molecule has 0 radical (unpaired) electrons. The molecule has 0 atom stereocenters. The Hall–Kier alpha value is -1.61. The molecule has 1 amide bonds. The number of hydrogen-bond acceptors (Lipinski definition) is 2. The first kappa shape index (κ1) is 14.3. The normalized spacial score (nSPS) is 16.3. The van der Waals surface area contributed by atoms with E-state index in [4.69, 9.17) is 0 Å². The Kier molecular flexibility index (Phi) is 3.85. The van der Waals surface area contributed by atoms with E-state index in [0.717, 1.165) is 17.0 Å². The van der Waals surface area contributed by atoms with Gasteiger partial charge in [0.05, 0.1) is 5.56 Å². The molecule has 1 heterocycles. The zero-order valence-electron chi connectivity index (χ0n) is 12.6. The fraction of sp³-hybridized carbons (Fsp3) is 0.389. The molecule has 1 saturated carbocycles. The SMILES string of the molecule is Cc1cc(C(=O)NCC2(c3ccccc3)CCC2)c(C)s1. The van der Waals surface area contributed by atoms with Crippen molar-refractivity contribution in [1.82, 2.24) is 5.32 Å². The van der Waals surface area contributed by atoms with Gasteiger partial charge in [-0.1, -0.05) is 36.8 Å². The van der Waals surface area contributed by atoms with Gasteiger partial charge in [-0.2, -0.15) is 0 Å². The minimum atomic E-state index is 0.0686. The predicted molar refractivity (Wildman–Crippen MR) is 88.1 cm³/mol. The van der Waals surface area contributed by atoms with E-state index in [2.05, 4.69) is 29.6 Å². The average molecular weight is 299 g/mol. The molecule has 1 N–H and O–H groups in total. The van der Waals surface area contributed by atoms with Gasteiger partial charge in [-0.15, -0.1) is 11.3 Å². The van der Waals surface area contributed by atoms with Crippen LogP contribution in [0, 0.1) is 13.8 Å². The van der Waals surface area contributed by atoms with Crippen LogP contribution in [0.25, 0.3) is 0 Å². The molecule has 1 aromatic heterocycles. The van der Waals surface area contributed by atoms with E-state index in [0.29, 0.717) is 0 Å². The first-order chi connectivity index (χ1) is 10.1. The lowest BCUT2D eigenvalue weighted by Gasteiger charge is -2.42. The number of thiophene rings is 1. The number of nitrogens with one attached hydrogen (secondary N) is 1. The van der Waals surface area contributed by atoms with Crippen molar-refractivity contribution < 1.29 is 4.79 Å². The van der Waals surface area contributed by atoms with Crippen LogP contribution >= 0.6 is 11.3 Å². The lowest BCUT2D eigenvalue weighted by Crippen LogP contribution is -2.45. The molecule has 2 nitrogen and oxygen atoms in total. The zero-order chi connectivity index (χ0) is 14.9. The van der Waals surface area contributed by atoms with E-state index >= 15 is 0 Å². The first-order valence-electron chi connectivity index (χ1n) is 7.51. The molecule has 1 aromatic carbocycles. The van der Waals surface area contributed by atoms with Gasteiger partial charge in [0.2, 0.25) is 0 Å². The van der Waals surface area contributed by atoms with Crippen LogP contribution in [0.15, 0.2) is 36.4 Å². The standard InChI is InChI=1S/C18H21NOS/c1-13-11-16(14(2)21-13)17(20)19-12-18(9-6-10-18)15-7-4-3-5-8-15/h3-5,7-8,11H,6,9-10,12H2,1-2H3,(H,19,20). The predicted octanol–water partition coefficient (Wildman–Crippen LogP) is 4.22. The molecular formula is C18H21NOS. The number of benzene rings is 1. The van der Waals surface area contributed by atoms with Crippen molar-refractivity contribution in [3.05, 3.63) is 57.3 Å². The second kappa shape index (κ2) is 5.64. The number of carbonyl (C=O) groups excluding carboxylic acids is 1. The molecule has 1 fully saturated rings. The summed E-state index contributed by atoms with van der Waals surface area (Å²) in [6.45, 7) is 4.80. The van der Waals surface area contributed by atoms with Crippen molar-refractivity contribution >= 4 is 17.2 Å². The van der Waals surface area contributed by atoms with E-state index in [9.17, 15) is 4.79 Å². The maximum absolute atomic E-state index is 12.4. The number of hydrogen-bond donors (Lipinski definition) is 1. The van der Waals surface area contributed by atoms with Crippen molar-refractivity contribution in [2.45, 2.75) is 38.5 Å². The molecular weight excluding hydrogens is 278 g/mol. The minimum absolute atomic E-state index is 0.0686. The molecule has 0 bridgehead atoms. The van der Waals surface area contributed by atoms with Crippen molar-refractivity contribution in [3.63, 3.8) is 0 Å². The highest BCUT2D eigenvalue weighted by Gasteiger charge is 2.38. The first-order valence-corrected chi connectivity index (χ1v) is 8.33. The molecule has 3 rings (SSSR count). The molecule has 21 heavy (non-hydrogen) atoms. The van der Waals surface area contributed by atoms with E-state index in [1.807, 2.05) is 26.0 Å². The van der Waals surface area contributed by atoms with Gasteiger partial charge in [0.25, 0.3) is 5.91 Å². The van der Waals surface area contributed by atoms with Crippen LogP contribution in [-0.2, 0) is 5.41 Å². The summed E-state index contributed by atoms with van der Waals surface area (Å²) in [5.74, 6) is 0.0686. The van der Waals surface area contributed by atoms with Crippen molar-refractivity contribution in [2.75, 3.05) is 6.54 Å². The van der Waals surface area contributed by atoms with Gasteiger partial charge in [-0.25, -0.2) is 0 Å². The molecule has 3 heteroatoms. The van der Waals surface area contributed by atoms with Gasteiger partial charge in [-0.05, 0) is 38.3 Å². The van der Waals surface area contributed by atoms with Gasteiger partial charge in [0.1, 0.15) is 0 Å². The summed E-state index contributed by atoms with van der Waals surface area (Å²) >= 11 is 1.69. The summed E-state index contributed by atoms with van der Waals surface area (Å²) < 4.78 is 0. The number of carbonyl (C=O) groups is 1. The van der Waals surface area contributed by atoms with E-state index < -0.39 is 0 Å². The van der Waals surface area contributed by atoms with Gasteiger partial charge in [0.15, 0.2) is 0 Å². The van der Waals surface area contributed by atoms with E-state index in [-0.39, 0.29) is 11.3 Å². The number of amides is 1. The molecule has 110 valence electrons. The maximum Gasteiger partial charge on any atom is 0.252 e. The summed E-state index contributed by atoms with van der Waals surface area (Å²) in [7, 11) is 0. The fourth-order valence-electron chi connectivity index (χ4n) is 3.16. The van der Waals surface area contributed by atoms with Crippen molar-refractivity contribution in [1.29, 1.82) is 0 Å². The summed E-state index contributed by atoms with van der Waals surface area (Å²) in [4.78, 5) is 14.7. The summed E-state index contributed by atoms with van der Waals surface area (Å²) in [6.07, 6.45) is 3.58. The summed E-state index contributed by atoms with van der Waals surface area (Å²) in [5.41, 5.74) is 2.34. The molecule has 2 aromatic rings. The lowest BCUT2D eigenvalue weighted by atomic mass is 9.64. The highest BCUT2D eigenvalue weighted by Crippen LogP contribution is 2.43. The second-order valence-corrected chi connectivity index (χ2v) is 7.47. The fourth-order valence-corrected chi connectivity index (χ4v) is 4.09. The maximum atomic E-state index is 12.4. The van der Waals surface area contributed by atoms with Crippen LogP contribution in [0.1, 0.15) is 44.9 Å². The third-order valence-electron chi connectivity index (χ3n) is 4.57. The van der Waals surface area contributed by atoms with Gasteiger partial charge in [0, 0.05) is 21.7 Å². The number of aryl methyl sites for hydroxylation is 2. The van der Waals surface area contributed by atoms with Crippen LogP contribution in [0.3, 0.4) is 0 Å². The molecule has 0 spiro atoms. The minimum Gasteiger partial charge on any atom is -0.351 e. The average Bonchev–Trinajstić information content (AvgIpc) is 2.77. The van der Waals surface area contributed by atoms with E-state index in [1.165, 1.54) is 29.7 Å². The van der Waals surface area contributed by atoms with Crippen LogP contribution < -0.4 is 5.32 Å². The Balaban J connectivity index is 1.72. The lowest BCUT2D eigenvalue weighted by molar-refractivity contribution is 0.0927. The van der Waals surface area contributed by atoms with Crippen molar-refractivity contribution in [3.8, 4) is 0 Å². The summed E-state index contributed by atoms with van der Waals surface area (Å²) in [6, 6.07) is 12.6. The quantitative estimate of drug-likeness (QED) is 0.900. The van der Waals surface area contributed by atoms with Gasteiger partial charge >= 0.3 is 0 Å². The molecule has 0 aliphatic heterocycles. The van der Waals surface area contributed by atoms with E-state index in [1.54, 1.807) is 11.3 Å². The molecule has 1 aliphatic rings.